The Balaban J connectivity index is 2.67. The van der Waals surface area contributed by atoms with Crippen LogP contribution in [0.1, 0.15) is 31.1 Å². The van der Waals surface area contributed by atoms with Gasteiger partial charge in [-0.05, 0) is 26.0 Å². The van der Waals surface area contributed by atoms with Crippen molar-refractivity contribution >= 4 is 32.5 Å². The van der Waals surface area contributed by atoms with Gasteiger partial charge in [0.2, 0.25) is 0 Å². The van der Waals surface area contributed by atoms with Gasteiger partial charge >= 0.3 is 0 Å². The number of halogens is 1. The van der Waals surface area contributed by atoms with Gasteiger partial charge in [0, 0.05) is 12.3 Å². The molecule has 1 heterocycles. The number of para-hydroxylation sites is 1. The molecule has 2 aromatic rings. The van der Waals surface area contributed by atoms with Crippen LogP contribution in [0.2, 0.25) is 0 Å². The number of hydrogen-bond acceptors (Lipinski definition) is 4. The van der Waals surface area contributed by atoms with Crippen LogP contribution in [0.15, 0.2) is 18.2 Å². The summed E-state index contributed by atoms with van der Waals surface area (Å²) < 4.78 is 30.4. The van der Waals surface area contributed by atoms with E-state index >= 15 is 0 Å². The molecule has 116 valence electrons. The fraction of sp³-hybridized carbons (Fsp3) is 0.500. The molecule has 2 atom stereocenters. The van der Waals surface area contributed by atoms with Crippen LogP contribution in [0.4, 0.5) is 0 Å². The molecule has 0 spiro atoms. The summed E-state index contributed by atoms with van der Waals surface area (Å²) in [5.41, 5.74) is 1.52. The number of fused-ring (bicyclic) bond motifs is 1. The van der Waals surface area contributed by atoms with Crippen molar-refractivity contribution in [3.8, 4) is 5.75 Å². The highest BCUT2D eigenvalue weighted by atomic mass is 35.5. The van der Waals surface area contributed by atoms with Crippen molar-refractivity contribution in [2.24, 2.45) is 0 Å². The fourth-order valence-electron chi connectivity index (χ4n) is 2.53. The van der Waals surface area contributed by atoms with Gasteiger partial charge in [0.15, 0.2) is 0 Å². The SMILES string of the molecule is COc1cccc2c1nc(C(C)Cl)n2C(C)CS(C)(=O)=O. The molecule has 0 aliphatic rings. The second kappa shape index (κ2) is 5.85. The molecule has 0 saturated heterocycles. The van der Waals surface area contributed by atoms with Gasteiger partial charge in [-0.1, -0.05) is 6.07 Å². The van der Waals surface area contributed by atoms with E-state index in [4.69, 9.17) is 16.3 Å². The Labute approximate surface area is 129 Å². The summed E-state index contributed by atoms with van der Waals surface area (Å²) in [6, 6.07) is 5.32. The minimum atomic E-state index is -3.10. The third-order valence-electron chi connectivity index (χ3n) is 3.27. The molecule has 1 aromatic heterocycles. The summed E-state index contributed by atoms with van der Waals surface area (Å²) in [6.07, 6.45) is 1.23. The molecule has 7 heteroatoms. The number of nitrogens with zero attached hydrogens (tertiary/aromatic N) is 2. The lowest BCUT2D eigenvalue weighted by Crippen LogP contribution is -2.18. The van der Waals surface area contributed by atoms with Gasteiger partial charge in [-0.2, -0.15) is 0 Å². The molecule has 0 aliphatic heterocycles. The quantitative estimate of drug-likeness (QED) is 0.791. The zero-order valence-electron chi connectivity index (χ0n) is 12.5. The van der Waals surface area contributed by atoms with Crippen LogP contribution in [0.3, 0.4) is 0 Å². The average Bonchev–Trinajstić information content (AvgIpc) is 2.75. The Hall–Kier alpha value is -1.27. The first kappa shape index (κ1) is 16.1. The number of hydrogen-bond donors (Lipinski definition) is 0. The van der Waals surface area contributed by atoms with Crippen molar-refractivity contribution < 1.29 is 13.2 Å². The number of sulfone groups is 1. The first-order chi connectivity index (χ1) is 9.74. The molecule has 0 aliphatic carbocycles. The lowest BCUT2D eigenvalue weighted by atomic mass is 10.2. The second-order valence-corrected chi connectivity index (χ2v) is 8.06. The van der Waals surface area contributed by atoms with Crippen LogP contribution in [0.5, 0.6) is 5.75 Å². The first-order valence-electron chi connectivity index (χ1n) is 6.61. The molecule has 2 unspecified atom stereocenters. The molecule has 0 radical (unpaired) electrons. The smallest absolute Gasteiger partial charge is 0.149 e. The lowest BCUT2D eigenvalue weighted by Gasteiger charge is -2.17. The monoisotopic (exact) mass is 330 g/mol. The van der Waals surface area contributed by atoms with E-state index < -0.39 is 9.84 Å². The van der Waals surface area contributed by atoms with E-state index in [2.05, 4.69) is 4.98 Å². The minimum Gasteiger partial charge on any atom is -0.494 e. The third kappa shape index (κ3) is 3.32. The Morgan fingerprint density at radius 3 is 2.57 bits per heavy atom. The van der Waals surface area contributed by atoms with Crippen molar-refractivity contribution in [3.63, 3.8) is 0 Å². The summed E-state index contributed by atoms with van der Waals surface area (Å²) >= 11 is 6.22. The number of methoxy groups -OCH3 is 1. The Kier molecular flexibility index (Phi) is 4.49. The number of imidazole rings is 1. The van der Waals surface area contributed by atoms with Crippen molar-refractivity contribution in [1.29, 1.82) is 0 Å². The van der Waals surface area contributed by atoms with Gasteiger partial charge in [-0.15, -0.1) is 11.6 Å². The maximum absolute atomic E-state index is 11.6. The van der Waals surface area contributed by atoms with Gasteiger partial charge in [0.05, 0.1) is 23.8 Å². The maximum Gasteiger partial charge on any atom is 0.149 e. The Morgan fingerprint density at radius 1 is 1.38 bits per heavy atom. The fourth-order valence-corrected chi connectivity index (χ4v) is 3.71. The number of ether oxygens (including phenoxy) is 1. The third-order valence-corrected chi connectivity index (χ3v) is 4.55. The van der Waals surface area contributed by atoms with Crippen molar-refractivity contribution in [2.45, 2.75) is 25.3 Å². The second-order valence-electron chi connectivity index (χ2n) is 5.23. The number of aromatic nitrogens is 2. The summed E-state index contributed by atoms with van der Waals surface area (Å²) in [5.74, 6) is 1.33. The van der Waals surface area contributed by atoms with Gasteiger partial charge in [0.1, 0.15) is 26.9 Å². The van der Waals surface area contributed by atoms with E-state index in [1.165, 1.54) is 6.26 Å². The number of rotatable bonds is 5. The van der Waals surface area contributed by atoms with E-state index in [0.717, 1.165) is 5.52 Å². The Bertz CT molecular complexity index is 753. The summed E-state index contributed by atoms with van der Waals surface area (Å²) in [7, 11) is -1.52. The summed E-state index contributed by atoms with van der Waals surface area (Å²) in [5, 5.41) is -0.330. The average molecular weight is 331 g/mol. The molecule has 0 fully saturated rings. The van der Waals surface area contributed by atoms with Crippen LogP contribution >= 0.6 is 11.6 Å². The molecule has 0 bridgehead atoms. The zero-order chi connectivity index (χ0) is 15.8. The largest absolute Gasteiger partial charge is 0.494 e. The molecular formula is C14H19ClN2O3S. The topological polar surface area (TPSA) is 61.2 Å². The minimum absolute atomic E-state index is 0.0340. The maximum atomic E-state index is 11.6. The molecular weight excluding hydrogens is 312 g/mol. The van der Waals surface area contributed by atoms with E-state index in [1.807, 2.05) is 36.6 Å². The van der Waals surface area contributed by atoms with Crippen molar-refractivity contribution in [2.75, 3.05) is 19.1 Å². The molecule has 5 nitrogen and oxygen atoms in total. The predicted molar refractivity (Wildman–Crippen MR) is 85.0 cm³/mol. The molecule has 1 aromatic carbocycles. The lowest BCUT2D eigenvalue weighted by molar-refractivity contribution is 0.419. The van der Waals surface area contributed by atoms with Crippen molar-refractivity contribution in [1.82, 2.24) is 9.55 Å². The normalized spacial score (nSPS) is 15.1. The van der Waals surface area contributed by atoms with E-state index in [9.17, 15) is 8.42 Å². The molecule has 0 saturated carbocycles. The van der Waals surface area contributed by atoms with Crippen molar-refractivity contribution in [3.05, 3.63) is 24.0 Å². The molecule has 0 amide bonds. The molecule has 21 heavy (non-hydrogen) atoms. The van der Waals surface area contributed by atoms with Gasteiger partial charge in [-0.3, -0.25) is 0 Å². The highest BCUT2D eigenvalue weighted by Crippen LogP contribution is 2.32. The summed E-state index contributed by atoms with van der Waals surface area (Å²) in [6.45, 7) is 3.67. The number of alkyl halides is 1. The Morgan fingerprint density at radius 2 is 2.05 bits per heavy atom. The summed E-state index contributed by atoms with van der Waals surface area (Å²) in [4.78, 5) is 4.55. The highest BCUT2D eigenvalue weighted by molar-refractivity contribution is 7.90. The van der Waals surface area contributed by atoms with Gasteiger partial charge < -0.3 is 9.30 Å². The van der Waals surface area contributed by atoms with E-state index in [1.54, 1.807) is 7.11 Å². The first-order valence-corrected chi connectivity index (χ1v) is 9.11. The van der Waals surface area contributed by atoms with E-state index in [0.29, 0.717) is 17.1 Å². The predicted octanol–water partition coefficient (Wildman–Crippen LogP) is 2.95. The van der Waals surface area contributed by atoms with Crippen LogP contribution in [0, 0.1) is 0 Å². The molecule has 2 rings (SSSR count). The van der Waals surface area contributed by atoms with Crippen LogP contribution in [-0.4, -0.2) is 37.1 Å². The molecule has 0 N–H and O–H groups in total. The van der Waals surface area contributed by atoms with Gasteiger partial charge in [-0.25, -0.2) is 13.4 Å². The van der Waals surface area contributed by atoms with Crippen LogP contribution in [0.25, 0.3) is 11.0 Å². The highest BCUT2D eigenvalue weighted by Gasteiger charge is 2.23. The standard InChI is InChI=1S/C14H19ClN2O3S/c1-9(8-21(4,18)19)17-11-6-5-7-12(20-3)13(11)16-14(17)10(2)15/h5-7,9-10H,8H2,1-4H3. The van der Waals surface area contributed by atoms with Crippen LogP contribution < -0.4 is 4.74 Å². The number of benzene rings is 1. The van der Waals surface area contributed by atoms with Gasteiger partial charge in [0.25, 0.3) is 0 Å². The van der Waals surface area contributed by atoms with E-state index in [-0.39, 0.29) is 17.2 Å². The zero-order valence-corrected chi connectivity index (χ0v) is 14.1. The van der Waals surface area contributed by atoms with Crippen LogP contribution in [-0.2, 0) is 9.84 Å².